The molecule has 0 unspecified atom stereocenters. The number of aryl methyl sites for hydroxylation is 1. The van der Waals surface area contributed by atoms with Crippen molar-refractivity contribution in [1.29, 1.82) is 0 Å². The summed E-state index contributed by atoms with van der Waals surface area (Å²) in [7, 11) is 0. The molecule has 1 heterocycles. The van der Waals surface area contributed by atoms with Crippen molar-refractivity contribution in [2.24, 2.45) is 0 Å². The Hall–Kier alpha value is -1.35. The zero-order chi connectivity index (χ0) is 9.97. The summed E-state index contributed by atoms with van der Waals surface area (Å²) in [6, 6.07) is 3.69. The molecule has 0 amide bonds. The van der Waals surface area contributed by atoms with Gasteiger partial charge in [-0.15, -0.1) is 0 Å². The number of ether oxygens (including phenoxy) is 2. The van der Waals surface area contributed by atoms with Gasteiger partial charge in [0.05, 0.1) is 6.61 Å². The molecule has 0 saturated carbocycles. The maximum absolute atomic E-state index is 10.7. The molecule has 2 rings (SSSR count). The molecule has 0 aromatic heterocycles. The molecule has 74 valence electrons. The van der Waals surface area contributed by atoms with Crippen LogP contribution >= 0.6 is 0 Å². The van der Waals surface area contributed by atoms with Crippen molar-refractivity contribution in [2.75, 3.05) is 6.79 Å². The van der Waals surface area contributed by atoms with Gasteiger partial charge in [0, 0.05) is 11.1 Å². The minimum absolute atomic E-state index is 0.306. The van der Waals surface area contributed by atoms with Gasteiger partial charge in [0.25, 0.3) is 0 Å². The predicted molar refractivity (Wildman–Crippen MR) is 51.5 cm³/mol. The van der Waals surface area contributed by atoms with Gasteiger partial charge < -0.3 is 9.47 Å². The lowest BCUT2D eigenvalue weighted by Crippen LogP contribution is -2.13. The van der Waals surface area contributed by atoms with Gasteiger partial charge in [0.1, 0.15) is 12.0 Å². The Morgan fingerprint density at radius 2 is 2.36 bits per heavy atom. The SMILES string of the molecule is CCc1cc(C=O)cc2c1OCOC2. The van der Waals surface area contributed by atoms with E-state index in [0.717, 1.165) is 29.6 Å². The summed E-state index contributed by atoms with van der Waals surface area (Å²) in [5, 5.41) is 0. The van der Waals surface area contributed by atoms with Crippen molar-refractivity contribution in [3.63, 3.8) is 0 Å². The lowest BCUT2D eigenvalue weighted by Gasteiger charge is -2.20. The van der Waals surface area contributed by atoms with Gasteiger partial charge in [0.15, 0.2) is 6.79 Å². The minimum atomic E-state index is 0.306. The van der Waals surface area contributed by atoms with Gasteiger partial charge in [-0.2, -0.15) is 0 Å². The average molecular weight is 192 g/mol. The molecule has 0 radical (unpaired) electrons. The Labute approximate surface area is 82.6 Å². The monoisotopic (exact) mass is 192 g/mol. The quantitative estimate of drug-likeness (QED) is 0.671. The van der Waals surface area contributed by atoms with E-state index in [1.807, 2.05) is 19.1 Å². The van der Waals surface area contributed by atoms with Crippen LogP contribution < -0.4 is 4.74 Å². The number of rotatable bonds is 2. The highest BCUT2D eigenvalue weighted by atomic mass is 16.7. The van der Waals surface area contributed by atoms with Crippen molar-refractivity contribution in [3.8, 4) is 5.75 Å². The van der Waals surface area contributed by atoms with E-state index in [1.165, 1.54) is 0 Å². The Morgan fingerprint density at radius 1 is 1.50 bits per heavy atom. The number of fused-ring (bicyclic) bond motifs is 1. The van der Waals surface area contributed by atoms with Crippen LogP contribution in [0.3, 0.4) is 0 Å². The molecule has 0 N–H and O–H groups in total. The second kappa shape index (κ2) is 3.80. The van der Waals surface area contributed by atoms with Crippen LogP contribution in [0.2, 0.25) is 0 Å². The first-order valence-electron chi connectivity index (χ1n) is 4.66. The number of hydrogen-bond donors (Lipinski definition) is 0. The van der Waals surface area contributed by atoms with Crippen LogP contribution in [-0.2, 0) is 17.8 Å². The Morgan fingerprint density at radius 3 is 3.07 bits per heavy atom. The Kier molecular flexibility index (Phi) is 2.50. The summed E-state index contributed by atoms with van der Waals surface area (Å²) >= 11 is 0. The van der Waals surface area contributed by atoms with Crippen molar-refractivity contribution in [3.05, 3.63) is 28.8 Å². The largest absolute Gasteiger partial charge is 0.467 e. The molecule has 0 saturated heterocycles. The molecule has 3 heteroatoms. The molecule has 0 aliphatic carbocycles. The molecule has 0 fully saturated rings. The van der Waals surface area contributed by atoms with E-state index in [0.29, 0.717) is 19.0 Å². The lowest BCUT2D eigenvalue weighted by atomic mass is 10.0. The number of aldehydes is 1. The third-order valence-electron chi connectivity index (χ3n) is 2.33. The molecule has 0 bridgehead atoms. The molecular weight excluding hydrogens is 180 g/mol. The fourth-order valence-electron chi connectivity index (χ4n) is 1.66. The highest BCUT2D eigenvalue weighted by molar-refractivity contribution is 5.76. The molecule has 0 spiro atoms. The second-order valence-electron chi connectivity index (χ2n) is 3.25. The van der Waals surface area contributed by atoms with Gasteiger partial charge in [-0.05, 0) is 24.1 Å². The zero-order valence-electron chi connectivity index (χ0n) is 8.08. The minimum Gasteiger partial charge on any atom is -0.467 e. The van der Waals surface area contributed by atoms with Crippen LogP contribution in [0.5, 0.6) is 5.75 Å². The lowest BCUT2D eigenvalue weighted by molar-refractivity contribution is -0.0170. The third kappa shape index (κ3) is 1.51. The molecule has 14 heavy (non-hydrogen) atoms. The molecule has 1 aromatic rings. The molecule has 1 aliphatic rings. The predicted octanol–water partition coefficient (Wildman–Crippen LogP) is 1.93. The van der Waals surface area contributed by atoms with Gasteiger partial charge in [-0.1, -0.05) is 6.92 Å². The molecule has 1 aliphatic heterocycles. The molecular formula is C11H12O3. The third-order valence-corrected chi connectivity index (χ3v) is 2.33. The topological polar surface area (TPSA) is 35.5 Å². The summed E-state index contributed by atoms with van der Waals surface area (Å²) in [5.74, 6) is 0.893. The Balaban J connectivity index is 2.52. The van der Waals surface area contributed by atoms with E-state index >= 15 is 0 Å². The first-order valence-corrected chi connectivity index (χ1v) is 4.66. The number of carbonyl (C=O) groups excluding carboxylic acids is 1. The highest BCUT2D eigenvalue weighted by Gasteiger charge is 2.15. The number of hydrogen-bond acceptors (Lipinski definition) is 3. The smallest absolute Gasteiger partial charge is 0.189 e. The standard InChI is InChI=1S/C11H12O3/c1-2-9-3-8(5-12)4-10-6-13-7-14-11(9)10/h3-5H,2,6-7H2,1H3. The van der Waals surface area contributed by atoms with Crippen LogP contribution in [0.1, 0.15) is 28.4 Å². The van der Waals surface area contributed by atoms with Crippen LogP contribution in [0.15, 0.2) is 12.1 Å². The highest BCUT2D eigenvalue weighted by Crippen LogP contribution is 2.29. The normalized spacial score (nSPS) is 14.4. The average Bonchev–Trinajstić information content (AvgIpc) is 2.27. The number of carbonyl (C=O) groups is 1. The second-order valence-corrected chi connectivity index (χ2v) is 3.25. The van der Waals surface area contributed by atoms with Crippen molar-refractivity contribution in [2.45, 2.75) is 20.0 Å². The summed E-state index contributed by atoms with van der Waals surface area (Å²) in [4.78, 5) is 10.7. The van der Waals surface area contributed by atoms with Gasteiger partial charge in [-0.3, -0.25) is 4.79 Å². The van der Waals surface area contributed by atoms with Crippen LogP contribution in [-0.4, -0.2) is 13.1 Å². The van der Waals surface area contributed by atoms with Crippen molar-refractivity contribution < 1.29 is 14.3 Å². The fraction of sp³-hybridized carbons (Fsp3) is 0.364. The summed E-state index contributed by atoms with van der Waals surface area (Å²) in [6.45, 7) is 2.88. The summed E-state index contributed by atoms with van der Waals surface area (Å²) in [6.07, 6.45) is 1.72. The van der Waals surface area contributed by atoms with E-state index in [4.69, 9.17) is 9.47 Å². The van der Waals surface area contributed by atoms with Crippen LogP contribution in [0.4, 0.5) is 0 Å². The summed E-state index contributed by atoms with van der Waals surface area (Å²) < 4.78 is 10.6. The van der Waals surface area contributed by atoms with E-state index < -0.39 is 0 Å². The van der Waals surface area contributed by atoms with Gasteiger partial charge in [-0.25, -0.2) is 0 Å². The van der Waals surface area contributed by atoms with Gasteiger partial charge in [0.2, 0.25) is 0 Å². The Bertz CT molecular complexity index is 341. The van der Waals surface area contributed by atoms with E-state index in [2.05, 4.69) is 0 Å². The van der Waals surface area contributed by atoms with Crippen LogP contribution in [0.25, 0.3) is 0 Å². The number of benzene rings is 1. The van der Waals surface area contributed by atoms with E-state index in [1.54, 1.807) is 0 Å². The summed E-state index contributed by atoms with van der Waals surface area (Å²) in [5.41, 5.74) is 2.74. The zero-order valence-corrected chi connectivity index (χ0v) is 8.08. The van der Waals surface area contributed by atoms with E-state index in [9.17, 15) is 4.79 Å². The van der Waals surface area contributed by atoms with Crippen molar-refractivity contribution in [1.82, 2.24) is 0 Å². The first-order chi connectivity index (χ1) is 6.85. The van der Waals surface area contributed by atoms with E-state index in [-0.39, 0.29) is 0 Å². The first kappa shape index (κ1) is 9.21. The molecule has 1 aromatic carbocycles. The van der Waals surface area contributed by atoms with Gasteiger partial charge >= 0.3 is 0 Å². The van der Waals surface area contributed by atoms with Crippen molar-refractivity contribution >= 4 is 6.29 Å². The molecule has 3 nitrogen and oxygen atoms in total. The maximum atomic E-state index is 10.7. The fourth-order valence-corrected chi connectivity index (χ4v) is 1.66. The van der Waals surface area contributed by atoms with Crippen LogP contribution in [0, 0.1) is 0 Å². The molecule has 0 atom stereocenters. The maximum Gasteiger partial charge on any atom is 0.189 e.